The number of methoxy groups -OCH3 is 1. The van der Waals surface area contributed by atoms with Crippen molar-refractivity contribution in [2.75, 3.05) is 17.5 Å². The van der Waals surface area contributed by atoms with Crippen molar-refractivity contribution < 1.29 is 29.0 Å². The maximum absolute atomic E-state index is 14.0. The molecule has 2 aromatic carbocycles. The van der Waals surface area contributed by atoms with Gasteiger partial charge in [0.05, 0.1) is 30.1 Å². The van der Waals surface area contributed by atoms with Crippen LogP contribution in [-0.2, 0) is 19.2 Å². The first kappa shape index (κ1) is 28.0. The molecule has 0 radical (unpaired) electrons. The van der Waals surface area contributed by atoms with Gasteiger partial charge in [-0.2, -0.15) is 0 Å². The molecular formula is C30H25BrCl2N2O6. The zero-order valence-corrected chi connectivity index (χ0v) is 24.9. The molecule has 2 aromatic rings. The molecule has 1 saturated carbocycles. The summed E-state index contributed by atoms with van der Waals surface area (Å²) >= 11 is 17.6. The quantitative estimate of drug-likeness (QED) is 0.211. The number of carbonyl (C=O) groups is 4. The molecule has 2 saturated heterocycles. The van der Waals surface area contributed by atoms with Gasteiger partial charge >= 0.3 is 0 Å². The average Bonchev–Trinajstić information content (AvgIpc) is 3.30. The molecule has 41 heavy (non-hydrogen) atoms. The Balaban J connectivity index is 1.50. The molecule has 4 amide bonds. The number of phenolic OH excluding ortho intramolecular Hbond substituents is 1. The van der Waals surface area contributed by atoms with Gasteiger partial charge in [0.15, 0.2) is 21.2 Å². The van der Waals surface area contributed by atoms with Crippen LogP contribution in [0.5, 0.6) is 11.5 Å². The van der Waals surface area contributed by atoms with Crippen LogP contribution in [-0.4, -0.2) is 55.9 Å². The first-order valence-electron chi connectivity index (χ1n) is 13.0. The summed E-state index contributed by atoms with van der Waals surface area (Å²) in [5, 5.41) is 10.6. The van der Waals surface area contributed by atoms with Crippen molar-refractivity contribution in [1.82, 2.24) is 4.90 Å². The molecular weight excluding hydrogens is 635 g/mol. The SMILES string of the molecule is C=Cc1ccc(N2C(=O)[C@H]3[C@H](CC=C4[C@H]3C[C@@]3(Cl)C(=O)N(CBr)C(=O)[C@@]3(Cl)[C@H]4c3ccc(OC)c(O)c3)C2=O)cc1. The molecule has 1 N–H and O–H groups in total. The van der Waals surface area contributed by atoms with Crippen molar-refractivity contribution in [3.63, 3.8) is 0 Å². The fourth-order valence-electron chi connectivity index (χ4n) is 7.03. The van der Waals surface area contributed by atoms with Crippen LogP contribution in [0, 0.1) is 17.8 Å². The van der Waals surface area contributed by atoms with E-state index in [2.05, 4.69) is 22.5 Å². The van der Waals surface area contributed by atoms with E-state index in [-0.39, 0.29) is 35.7 Å². The Hall–Kier alpha value is -3.14. The zero-order chi connectivity index (χ0) is 29.4. The van der Waals surface area contributed by atoms with Gasteiger partial charge in [0.25, 0.3) is 11.8 Å². The highest BCUT2D eigenvalue weighted by Crippen LogP contribution is 2.65. The van der Waals surface area contributed by atoms with Crippen molar-refractivity contribution in [3.05, 3.63) is 71.8 Å². The number of imide groups is 2. The molecule has 11 heteroatoms. The average molecular weight is 660 g/mol. The van der Waals surface area contributed by atoms with E-state index in [1.54, 1.807) is 42.5 Å². The molecule has 0 bridgehead atoms. The number of hydrogen-bond acceptors (Lipinski definition) is 6. The van der Waals surface area contributed by atoms with Crippen LogP contribution >= 0.6 is 39.1 Å². The highest BCUT2D eigenvalue weighted by molar-refractivity contribution is 9.09. The Bertz CT molecular complexity index is 1560. The zero-order valence-electron chi connectivity index (χ0n) is 21.9. The number of alkyl halides is 3. The predicted octanol–water partition coefficient (Wildman–Crippen LogP) is 4.96. The van der Waals surface area contributed by atoms with Gasteiger partial charge in [0.2, 0.25) is 11.8 Å². The van der Waals surface area contributed by atoms with Crippen molar-refractivity contribution in [3.8, 4) is 11.5 Å². The number of hydrogen-bond donors (Lipinski definition) is 1. The minimum atomic E-state index is -1.94. The van der Waals surface area contributed by atoms with Crippen LogP contribution in [0.15, 0.2) is 60.7 Å². The molecule has 0 spiro atoms. The summed E-state index contributed by atoms with van der Waals surface area (Å²) < 4.78 is 5.20. The number of fused-ring (bicyclic) bond motifs is 4. The number of nitrogens with zero attached hydrogens (tertiary/aromatic N) is 2. The molecule has 6 rings (SSSR count). The predicted molar refractivity (Wildman–Crippen MR) is 157 cm³/mol. The smallest absolute Gasteiger partial charge is 0.254 e. The highest BCUT2D eigenvalue weighted by Gasteiger charge is 2.76. The van der Waals surface area contributed by atoms with Gasteiger partial charge in [-0.05, 0) is 54.2 Å². The van der Waals surface area contributed by atoms with Gasteiger partial charge in [0.1, 0.15) is 0 Å². The summed E-state index contributed by atoms with van der Waals surface area (Å²) in [5.41, 5.74) is 2.25. The van der Waals surface area contributed by atoms with Gasteiger partial charge in [-0.3, -0.25) is 29.0 Å². The number of halogens is 3. The topological polar surface area (TPSA) is 104 Å². The van der Waals surface area contributed by atoms with Crippen LogP contribution in [0.4, 0.5) is 5.69 Å². The number of likely N-dealkylation sites (tertiary alicyclic amines) is 1. The second-order valence-corrected chi connectivity index (χ2v) is 12.5. The number of rotatable bonds is 5. The second-order valence-electron chi connectivity index (χ2n) is 10.7. The summed E-state index contributed by atoms with van der Waals surface area (Å²) in [4.78, 5) is 53.5. The third-order valence-corrected chi connectivity index (χ3v) is 10.9. The van der Waals surface area contributed by atoms with E-state index < -0.39 is 51.1 Å². The normalized spacial score (nSPS) is 32.4. The molecule has 4 aliphatic rings. The number of anilines is 1. The largest absolute Gasteiger partial charge is 0.504 e. The molecule has 3 fully saturated rings. The maximum Gasteiger partial charge on any atom is 0.254 e. The fourth-order valence-corrected chi connectivity index (χ4v) is 8.45. The van der Waals surface area contributed by atoms with Crippen LogP contribution in [0.25, 0.3) is 6.08 Å². The van der Waals surface area contributed by atoms with Gasteiger partial charge in [-0.1, -0.05) is 58.4 Å². The first-order valence-corrected chi connectivity index (χ1v) is 14.9. The lowest BCUT2D eigenvalue weighted by molar-refractivity contribution is -0.138. The maximum atomic E-state index is 14.0. The van der Waals surface area contributed by atoms with Crippen molar-refractivity contribution in [2.45, 2.75) is 28.5 Å². The van der Waals surface area contributed by atoms with Crippen molar-refractivity contribution in [1.29, 1.82) is 0 Å². The van der Waals surface area contributed by atoms with Gasteiger partial charge in [-0.25, -0.2) is 0 Å². The Morgan fingerprint density at radius 1 is 1.07 bits per heavy atom. The molecule has 8 nitrogen and oxygen atoms in total. The lowest BCUT2D eigenvalue weighted by atomic mass is 9.56. The molecule has 212 valence electrons. The summed E-state index contributed by atoms with van der Waals surface area (Å²) in [7, 11) is 1.41. The van der Waals surface area contributed by atoms with E-state index in [4.69, 9.17) is 27.9 Å². The lowest BCUT2D eigenvalue weighted by Gasteiger charge is -2.50. The summed E-state index contributed by atoms with van der Waals surface area (Å²) in [6.07, 6.45) is 3.65. The van der Waals surface area contributed by atoms with Crippen molar-refractivity contribution >= 4 is 74.5 Å². The summed E-state index contributed by atoms with van der Waals surface area (Å²) in [6, 6.07) is 11.6. The van der Waals surface area contributed by atoms with Crippen LogP contribution < -0.4 is 9.64 Å². The standard InChI is InChI=1S/C30H25BrCl2N2O6/c1-3-15-4-7-17(8-5-15)35-25(37)19-10-9-18-20(23(19)26(35)38)13-29(32)27(39)34(14-31)28(40)30(29,33)24(18)16-6-11-22(41-2)21(36)12-16/h3-9,11-12,19-20,23-24,36H,1,10,13-14H2,2H3/t19-,20+,23-,24-,29+,30-/m0/s1. The number of ether oxygens (including phenoxy) is 1. The van der Waals surface area contributed by atoms with Crippen LogP contribution in [0.3, 0.4) is 0 Å². The summed E-state index contributed by atoms with van der Waals surface area (Å²) in [6.45, 7) is 3.74. The van der Waals surface area contributed by atoms with E-state index in [0.717, 1.165) is 10.5 Å². The Labute approximate surface area is 254 Å². The monoisotopic (exact) mass is 658 g/mol. The first-order chi connectivity index (χ1) is 19.5. The summed E-state index contributed by atoms with van der Waals surface area (Å²) in [5.74, 6) is -5.14. The lowest BCUT2D eigenvalue weighted by Crippen LogP contribution is -2.60. The fraction of sp³-hybridized carbons (Fsp3) is 0.333. The Morgan fingerprint density at radius 3 is 2.39 bits per heavy atom. The van der Waals surface area contributed by atoms with E-state index in [9.17, 15) is 24.3 Å². The molecule has 2 aliphatic heterocycles. The Kier molecular flexibility index (Phi) is 6.63. The minimum Gasteiger partial charge on any atom is -0.504 e. The second kappa shape index (κ2) is 9.71. The number of benzene rings is 2. The van der Waals surface area contributed by atoms with E-state index in [0.29, 0.717) is 16.8 Å². The highest BCUT2D eigenvalue weighted by atomic mass is 79.9. The Morgan fingerprint density at radius 2 is 1.78 bits per heavy atom. The third kappa shape index (κ3) is 3.64. The minimum absolute atomic E-state index is 0.111. The molecule has 0 unspecified atom stereocenters. The molecule has 0 aromatic heterocycles. The van der Waals surface area contributed by atoms with Gasteiger partial charge in [0, 0.05) is 5.92 Å². The van der Waals surface area contributed by atoms with Crippen LogP contribution in [0.2, 0.25) is 0 Å². The number of aromatic hydroxyl groups is 1. The van der Waals surface area contributed by atoms with E-state index in [1.165, 1.54) is 18.1 Å². The number of allylic oxidation sites excluding steroid dienone is 2. The van der Waals surface area contributed by atoms with Crippen molar-refractivity contribution in [2.24, 2.45) is 17.8 Å². The van der Waals surface area contributed by atoms with Crippen LogP contribution in [0.1, 0.15) is 29.9 Å². The van der Waals surface area contributed by atoms with E-state index >= 15 is 0 Å². The van der Waals surface area contributed by atoms with Gasteiger partial charge in [-0.15, -0.1) is 23.2 Å². The number of carbonyl (C=O) groups excluding carboxylic acids is 4. The number of phenols is 1. The van der Waals surface area contributed by atoms with Gasteiger partial charge < -0.3 is 9.84 Å². The molecule has 2 heterocycles. The molecule has 2 aliphatic carbocycles. The third-order valence-electron chi connectivity index (χ3n) is 8.94. The number of amides is 4. The van der Waals surface area contributed by atoms with E-state index in [1.807, 2.05) is 6.08 Å². The molecule has 6 atom stereocenters.